The summed E-state index contributed by atoms with van der Waals surface area (Å²) in [5.41, 5.74) is 0.772. The molecule has 0 spiro atoms. The van der Waals surface area contributed by atoms with Crippen LogP contribution < -0.4 is 23.7 Å². The lowest BCUT2D eigenvalue weighted by molar-refractivity contribution is 0.0400. The Balaban J connectivity index is 2.43. The highest BCUT2D eigenvalue weighted by atomic mass is 16.7. The third kappa shape index (κ3) is 9.02. The van der Waals surface area contributed by atoms with Crippen LogP contribution in [0.15, 0.2) is 36.4 Å². The van der Waals surface area contributed by atoms with Crippen LogP contribution in [-0.4, -0.2) is 75.3 Å². The topological polar surface area (TPSA) is 109 Å². The number of hydrogen-bond donors (Lipinski definition) is 0. The van der Waals surface area contributed by atoms with Crippen molar-refractivity contribution in [1.29, 1.82) is 0 Å². The van der Waals surface area contributed by atoms with Gasteiger partial charge in [0.2, 0.25) is 0 Å². The standard InChI is InChI=1S/C25H32O11/c1-27-13-32-19-8-6-18(22(10-19)34-15-29-3)7-9-21(26)25-23(35-16-30-4)11-20(33-14-28-2)12-24(25)36-17-31-5/h6-12H,13-17H2,1-5H3/b9-7+. The van der Waals surface area contributed by atoms with Crippen molar-refractivity contribution >= 4 is 11.9 Å². The van der Waals surface area contributed by atoms with Crippen LogP contribution in [-0.2, 0) is 23.7 Å². The van der Waals surface area contributed by atoms with E-state index in [1.54, 1.807) is 36.4 Å². The van der Waals surface area contributed by atoms with E-state index in [0.717, 1.165) is 0 Å². The lowest BCUT2D eigenvalue weighted by Gasteiger charge is -2.16. The zero-order chi connectivity index (χ0) is 26.2. The highest BCUT2D eigenvalue weighted by Gasteiger charge is 2.20. The largest absolute Gasteiger partial charge is 0.467 e. The Morgan fingerprint density at radius 3 is 1.58 bits per heavy atom. The van der Waals surface area contributed by atoms with E-state index in [-0.39, 0.29) is 51.0 Å². The number of ether oxygens (including phenoxy) is 10. The monoisotopic (exact) mass is 508 g/mol. The molecule has 0 saturated heterocycles. The molecule has 0 bridgehead atoms. The van der Waals surface area contributed by atoms with Gasteiger partial charge in [0, 0.05) is 59.3 Å². The van der Waals surface area contributed by atoms with Crippen molar-refractivity contribution in [3.05, 3.63) is 47.5 Å². The molecule has 0 heterocycles. The Morgan fingerprint density at radius 1 is 0.611 bits per heavy atom. The molecule has 198 valence electrons. The fourth-order valence-corrected chi connectivity index (χ4v) is 2.86. The molecular weight excluding hydrogens is 476 g/mol. The zero-order valence-electron chi connectivity index (χ0n) is 21.1. The van der Waals surface area contributed by atoms with Gasteiger partial charge < -0.3 is 47.4 Å². The minimum atomic E-state index is -0.400. The van der Waals surface area contributed by atoms with Crippen LogP contribution in [0.5, 0.6) is 28.7 Å². The lowest BCUT2D eigenvalue weighted by Crippen LogP contribution is -2.10. The van der Waals surface area contributed by atoms with Crippen LogP contribution in [0.25, 0.3) is 6.08 Å². The molecule has 0 aromatic heterocycles. The second kappa shape index (κ2) is 16.3. The SMILES string of the molecule is COCOc1ccc(/C=C/C(=O)c2c(OCOC)cc(OCOC)cc2OCOC)c(OCOC)c1. The van der Waals surface area contributed by atoms with Crippen molar-refractivity contribution < 1.29 is 52.2 Å². The van der Waals surface area contributed by atoms with E-state index in [0.29, 0.717) is 22.8 Å². The molecule has 2 aromatic carbocycles. The summed E-state index contributed by atoms with van der Waals surface area (Å²) >= 11 is 0. The van der Waals surface area contributed by atoms with Gasteiger partial charge in [-0.15, -0.1) is 0 Å². The fraction of sp³-hybridized carbons (Fsp3) is 0.400. The molecule has 0 saturated carbocycles. The van der Waals surface area contributed by atoms with Crippen molar-refractivity contribution in [3.8, 4) is 28.7 Å². The van der Waals surface area contributed by atoms with Gasteiger partial charge in [0.25, 0.3) is 0 Å². The number of ketones is 1. The first-order valence-corrected chi connectivity index (χ1v) is 10.7. The molecule has 0 fully saturated rings. The van der Waals surface area contributed by atoms with Crippen LogP contribution in [0.3, 0.4) is 0 Å². The maximum atomic E-state index is 13.3. The fourth-order valence-electron chi connectivity index (χ4n) is 2.86. The molecule has 0 atom stereocenters. The second-order valence-corrected chi connectivity index (χ2v) is 6.95. The van der Waals surface area contributed by atoms with Crippen molar-refractivity contribution in [3.63, 3.8) is 0 Å². The molecule has 0 radical (unpaired) electrons. The van der Waals surface area contributed by atoms with Gasteiger partial charge in [-0.1, -0.05) is 0 Å². The third-order valence-electron chi connectivity index (χ3n) is 4.37. The van der Waals surface area contributed by atoms with Crippen molar-refractivity contribution in [2.24, 2.45) is 0 Å². The number of hydrogen-bond acceptors (Lipinski definition) is 11. The smallest absolute Gasteiger partial charge is 0.193 e. The van der Waals surface area contributed by atoms with Gasteiger partial charge in [0.05, 0.1) is 0 Å². The highest BCUT2D eigenvalue weighted by Crippen LogP contribution is 2.36. The van der Waals surface area contributed by atoms with Gasteiger partial charge in [-0.2, -0.15) is 0 Å². The van der Waals surface area contributed by atoms with Crippen molar-refractivity contribution in [2.75, 3.05) is 69.5 Å². The van der Waals surface area contributed by atoms with Crippen LogP contribution in [0.4, 0.5) is 0 Å². The first kappa shape index (κ1) is 28.9. The van der Waals surface area contributed by atoms with Gasteiger partial charge in [0.1, 0.15) is 34.3 Å². The third-order valence-corrected chi connectivity index (χ3v) is 4.37. The summed E-state index contributed by atoms with van der Waals surface area (Å²) in [5.74, 6) is 1.35. The summed E-state index contributed by atoms with van der Waals surface area (Å²) in [6, 6.07) is 8.24. The number of rotatable bonds is 18. The Labute approximate surface area is 210 Å². The minimum Gasteiger partial charge on any atom is -0.467 e. The second-order valence-electron chi connectivity index (χ2n) is 6.95. The Morgan fingerprint density at radius 2 is 1.06 bits per heavy atom. The van der Waals surface area contributed by atoms with Crippen LogP contribution >= 0.6 is 0 Å². The van der Waals surface area contributed by atoms with E-state index >= 15 is 0 Å². The van der Waals surface area contributed by atoms with Crippen LogP contribution in [0.1, 0.15) is 15.9 Å². The summed E-state index contributed by atoms with van der Waals surface area (Å²) < 4.78 is 52.8. The summed E-state index contributed by atoms with van der Waals surface area (Å²) in [6.07, 6.45) is 2.97. The maximum Gasteiger partial charge on any atom is 0.193 e. The zero-order valence-corrected chi connectivity index (χ0v) is 21.1. The number of carbonyl (C=O) groups excluding carboxylic acids is 1. The first-order valence-electron chi connectivity index (χ1n) is 10.7. The summed E-state index contributed by atoms with van der Waals surface area (Å²) in [7, 11) is 7.46. The molecule has 0 aliphatic heterocycles. The quantitative estimate of drug-likeness (QED) is 0.168. The number of carbonyl (C=O) groups is 1. The predicted octanol–water partition coefficient (Wildman–Crippen LogP) is 3.50. The van der Waals surface area contributed by atoms with Gasteiger partial charge in [-0.25, -0.2) is 0 Å². The summed E-state index contributed by atoms with van der Waals surface area (Å²) in [4.78, 5) is 13.3. The molecule has 2 aromatic rings. The van der Waals surface area contributed by atoms with Gasteiger partial charge in [0.15, 0.2) is 39.7 Å². The van der Waals surface area contributed by atoms with E-state index < -0.39 is 5.78 Å². The van der Waals surface area contributed by atoms with Gasteiger partial charge in [-0.3, -0.25) is 4.79 Å². The van der Waals surface area contributed by atoms with Crippen molar-refractivity contribution in [1.82, 2.24) is 0 Å². The normalized spacial score (nSPS) is 10.9. The lowest BCUT2D eigenvalue weighted by atomic mass is 10.1. The van der Waals surface area contributed by atoms with Gasteiger partial charge in [-0.05, 0) is 24.3 Å². The van der Waals surface area contributed by atoms with E-state index in [1.165, 1.54) is 41.6 Å². The molecule has 2 rings (SSSR count). The van der Waals surface area contributed by atoms with E-state index in [1.807, 2.05) is 0 Å². The average Bonchev–Trinajstić information content (AvgIpc) is 2.90. The predicted molar refractivity (Wildman–Crippen MR) is 129 cm³/mol. The molecule has 11 nitrogen and oxygen atoms in total. The minimum absolute atomic E-state index is 0.00499. The van der Waals surface area contributed by atoms with Crippen LogP contribution in [0, 0.1) is 0 Å². The molecule has 0 amide bonds. The van der Waals surface area contributed by atoms with E-state index in [9.17, 15) is 4.79 Å². The average molecular weight is 509 g/mol. The first-order chi connectivity index (χ1) is 17.6. The summed E-state index contributed by atoms with van der Waals surface area (Å²) in [5, 5.41) is 0. The highest BCUT2D eigenvalue weighted by molar-refractivity contribution is 6.10. The van der Waals surface area contributed by atoms with E-state index in [4.69, 9.17) is 47.4 Å². The van der Waals surface area contributed by atoms with Crippen LogP contribution in [0.2, 0.25) is 0 Å². The van der Waals surface area contributed by atoms with Gasteiger partial charge >= 0.3 is 0 Å². The molecular formula is C25H32O11. The molecule has 0 N–H and O–H groups in total. The van der Waals surface area contributed by atoms with Crippen molar-refractivity contribution in [2.45, 2.75) is 0 Å². The molecule has 0 aliphatic rings. The number of methoxy groups -OCH3 is 5. The maximum absolute atomic E-state index is 13.3. The Kier molecular flexibility index (Phi) is 13.1. The molecule has 0 aliphatic carbocycles. The molecule has 0 unspecified atom stereocenters. The number of allylic oxidation sites excluding steroid dienone is 1. The Hall–Kier alpha value is -3.35. The molecule has 11 heteroatoms. The number of benzene rings is 2. The van der Waals surface area contributed by atoms with E-state index in [2.05, 4.69) is 0 Å². The molecule has 36 heavy (non-hydrogen) atoms. The Bertz CT molecular complexity index is 945. The summed E-state index contributed by atoms with van der Waals surface area (Å²) in [6.45, 7) is -0.112.